The van der Waals surface area contributed by atoms with Crippen LogP contribution >= 0.6 is 11.6 Å². The van der Waals surface area contributed by atoms with Crippen molar-refractivity contribution in [3.05, 3.63) is 58.8 Å². The molecule has 2 aromatic carbocycles. The van der Waals surface area contributed by atoms with Gasteiger partial charge in [-0.3, -0.25) is 4.90 Å². The van der Waals surface area contributed by atoms with Crippen LogP contribution in [-0.2, 0) is 19.5 Å². The Morgan fingerprint density at radius 1 is 1.15 bits per heavy atom. The Morgan fingerprint density at radius 3 is 2.78 bits per heavy atom. The number of hydrogen-bond donors (Lipinski definition) is 1. The van der Waals surface area contributed by atoms with Crippen molar-refractivity contribution in [2.24, 2.45) is 0 Å². The maximum absolute atomic E-state index is 10.5. The van der Waals surface area contributed by atoms with Gasteiger partial charge in [-0.1, -0.05) is 30.7 Å². The summed E-state index contributed by atoms with van der Waals surface area (Å²) >= 11 is 6.11. The van der Waals surface area contributed by atoms with Crippen LogP contribution in [0, 0.1) is 0 Å². The van der Waals surface area contributed by atoms with Gasteiger partial charge in [0, 0.05) is 30.1 Å². The third-order valence-electron chi connectivity index (χ3n) is 4.52. The normalized spacial score (nSPS) is 14.4. The molecule has 27 heavy (non-hydrogen) atoms. The highest BCUT2D eigenvalue weighted by Gasteiger charge is 2.21. The molecule has 0 amide bonds. The number of nitrogens with zero attached hydrogens (tertiary/aromatic N) is 3. The molecule has 0 aliphatic carbocycles. The molecule has 0 fully saturated rings. The second-order valence-corrected chi connectivity index (χ2v) is 6.93. The lowest BCUT2D eigenvalue weighted by atomic mass is 10.0. The molecule has 1 aromatic heterocycles. The van der Waals surface area contributed by atoms with E-state index in [0.29, 0.717) is 48.8 Å². The minimum absolute atomic E-state index is 0.135. The maximum atomic E-state index is 10.5. The third-order valence-corrected chi connectivity index (χ3v) is 4.76. The quantitative estimate of drug-likeness (QED) is 0.730. The summed E-state index contributed by atoms with van der Waals surface area (Å²) in [7, 11) is 0. The Labute approximate surface area is 162 Å². The number of ether oxygens (including phenoxy) is 1. The topological polar surface area (TPSA) is 71.6 Å². The Balaban J connectivity index is 1.62. The van der Waals surface area contributed by atoms with Gasteiger partial charge in [0.25, 0.3) is 0 Å². The highest BCUT2D eigenvalue weighted by molar-refractivity contribution is 6.30. The average molecular weight is 386 g/mol. The molecule has 0 saturated carbocycles. The van der Waals surface area contributed by atoms with Crippen LogP contribution in [0.3, 0.4) is 0 Å². The highest BCUT2D eigenvalue weighted by atomic mass is 35.5. The van der Waals surface area contributed by atoms with E-state index in [-0.39, 0.29) is 5.75 Å². The lowest BCUT2D eigenvalue weighted by Crippen LogP contribution is -2.25. The van der Waals surface area contributed by atoms with Crippen LogP contribution in [0.5, 0.6) is 11.5 Å². The molecule has 0 saturated heterocycles. The summed E-state index contributed by atoms with van der Waals surface area (Å²) in [6.07, 6.45) is 0.718. The van der Waals surface area contributed by atoms with E-state index in [0.717, 1.165) is 23.1 Å². The first-order valence-electron chi connectivity index (χ1n) is 8.90. The summed E-state index contributed by atoms with van der Waals surface area (Å²) in [6.45, 7) is 4.31. The SMILES string of the molecule is CCc1nnc(CN2CCOc3c(O)cc(-c4cccc(Cl)c4)cc3C2)o1. The van der Waals surface area contributed by atoms with E-state index in [2.05, 4.69) is 15.1 Å². The van der Waals surface area contributed by atoms with Gasteiger partial charge in [-0.15, -0.1) is 10.2 Å². The molecular weight excluding hydrogens is 366 g/mol. The summed E-state index contributed by atoms with van der Waals surface area (Å²) in [6, 6.07) is 11.3. The molecule has 6 nitrogen and oxygen atoms in total. The van der Waals surface area contributed by atoms with Crippen LogP contribution in [0.4, 0.5) is 0 Å². The minimum Gasteiger partial charge on any atom is -0.504 e. The fraction of sp³-hybridized carbons (Fsp3) is 0.300. The Morgan fingerprint density at radius 2 is 2.00 bits per heavy atom. The Hall–Kier alpha value is -2.57. The van der Waals surface area contributed by atoms with Crippen LogP contribution in [-0.4, -0.2) is 33.4 Å². The lowest BCUT2D eigenvalue weighted by Gasteiger charge is -2.17. The van der Waals surface area contributed by atoms with Gasteiger partial charge in [-0.25, -0.2) is 0 Å². The molecule has 0 unspecified atom stereocenters. The number of aromatic hydroxyl groups is 1. The molecule has 7 heteroatoms. The molecule has 1 aliphatic heterocycles. The van der Waals surface area contributed by atoms with Gasteiger partial charge in [-0.2, -0.15) is 0 Å². The van der Waals surface area contributed by atoms with Gasteiger partial charge in [0.2, 0.25) is 11.8 Å². The average Bonchev–Trinajstić information content (AvgIpc) is 3.00. The van der Waals surface area contributed by atoms with E-state index in [1.165, 1.54) is 0 Å². The number of halogens is 1. The number of fused-ring (bicyclic) bond motifs is 1. The first kappa shape index (κ1) is 17.8. The fourth-order valence-corrected chi connectivity index (χ4v) is 3.40. The predicted molar refractivity (Wildman–Crippen MR) is 102 cm³/mol. The lowest BCUT2D eigenvalue weighted by molar-refractivity contribution is 0.200. The van der Waals surface area contributed by atoms with Crippen molar-refractivity contribution in [3.63, 3.8) is 0 Å². The second-order valence-electron chi connectivity index (χ2n) is 6.50. The molecule has 0 atom stereocenters. The Bertz CT molecular complexity index is 957. The minimum atomic E-state index is 0.135. The van der Waals surface area contributed by atoms with E-state index >= 15 is 0 Å². The molecule has 0 spiro atoms. The van der Waals surface area contributed by atoms with Crippen molar-refractivity contribution in [2.75, 3.05) is 13.2 Å². The molecule has 1 N–H and O–H groups in total. The van der Waals surface area contributed by atoms with E-state index in [1.807, 2.05) is 37.3 Å². The maximum Gasteiger partial charge on any atom is 0.230 e. The molecule has 1 aliphatic rings. The molecule has 140 valence electrons. The summed E-state index contributed by atoms with van der Waals surface area (Å²) in [4.78, 5) is 2.17. The van der Waals surface area contributed by atoms with Crippen molar-refractivity contribution in [2.45, 2.75) is 26.4 Å². The van der Waals surface area contributed by atoms with Crippen molar-refractivity contribution in [1.82, 2.24) is 15.1 Å². The number of hydrogen-bond acceptors (Lipinski definition) is 6. The Kier molecular flexibility index (Phi) is 5.01. The largest absolute Gasteiger partial charge is 0.504 e. The van der Waals surface area contributed by atoms with Gasteiger partial charge in [-0.05, 0) is 35.4 Å². The van der Waals surface area contributed by atoms with Crippen LogP contribution < -0.4 is 4.74 Å². The first-order chi connectivity index (χ1) is 13.1. The van der Waals surface area contributed by atoms with Gasteiger partial charge in [0.1, 0.15) is 6.61 Å². The standard InChI is InChI=1S/C20H20ClN3O3/c1-2-18-22-23-19(27-18)12-24-6-7-26-20-15(11-24)8-14(10-17(20)25)13-4-3-5-16(21)9-13/h3-5,8-10,25H,2,6-7,11-12H2,1H3. The smallest absolute Gasteiger partial charge is 0.230 e. The van der Waals surface area contributed by atoms with E-state index in [1.54, 1.807) is 6.07 Å². The number of phenolic OH excluding ortho intramolecular Hbond substituents is 1. The van der Waals surface area contributed by atoms with E-state index in [9.17, 15) is 5.11 Å². The van der Waals surface area contributed by atoms with Gasteiger partial charge in [0.05, 0.1) is 6.54 Å². The van der Waals surface area contributed by atoms with Gasteiger partial charge >= 0.3 is 0 Å². The van der Waals surface area contributed by atoms with Gasteiger partial charge in [0.15, 0.2) is 11.5 Å². The molecule has 4 rings (SSSR count). The van der Waals surface area contributed by atoms with Crippen LogP contribution in [0.15, 0.2) is 40.8 Å². The second kappa shape index (κ2) is 7.58. The van der Waals surface area contributed by atoms with E-state index < -0.39 is 0 Å². The number of benzene rings is 2. The summed E-state index contributed by atoms with van der Waals surface area (Å²) < 4.78 is 11.4. The highest BCUT2D eigenvalue weighted by Crippen LogP contribution is 2.38. The van der Waals surface area contributed by atoms with Crippen molar-refractivity contribution < 1.29 is 14.3 Å². The van der Waals surface area contributed by atoms with Gasteiger partial charge < -0.3 is 14.3 Å². The number of aromatic nitrogens is 2. The fourth-order valence-electron chi connectivity index (χ4n) is 3.21. The number of aryl methyl sites for hydroxylation is 1. The van der Waals surface area contributed by atoms with Crippen LogP contribution in [0.2, 0.25) is 5.02 Å². The third kappa shape index (κ3) is 3.91. The number of rotatable bonds is 4. The molecular formula is C20H20ClN3O3. The zero-order valence-electron chi connectivity index (χ0n) is 15.0. The monoisotopic (exact) mass is 385 g/mol. The zero-order valence-corrected chi connectivity index (χ0v) is 15.7. The molecule has 2 heterocycles. The first-order valence-corrected chi connectivity index (χ1v) is 9.28. The summed E-state index contributed by atoms with van der Waals surface area (Å²) in [5.74, 6) is 1.89. The number of phenols is 1. The van der Waals surface area contributed by atoms with Crippen LogP contribution in [0.25, 0.3) is 11.1 Å². The summed E-state index contributed by atoms with van der Waals surface area (Å²) in [5.41, 5.74) is 2.75. The molecule has 0 radical (unpaired) electrons. The predicted octanol–water partition coefficient (Wildman–Crippen LogP) is 4.05. The molecule has 0 bridgehead atoms. The van der Waals surface area contributed by atoms with Crippen molar-refractivity contribution in [1.29, 1.82) is 0 Å². The zero-order chi connectivity index (χ0) is 18.8. The van der Waals surface area contributed by atoms with Crippen LogP contribution in [0.1, 0.15) is 24.3 Å². The van der Waals surface area contributed by atoms with E-state index in [4.69, 9.17) is 20.8 Å². The molecule has 3 aromatic rings. The summed E-state index contributed by atoms with van der Waals surface area (Å²) in [5, 5.41) is 19.3. The van der Waals surface area contributed by atoms with Crippen molar-refractivity contribution in [3.8, 4) is 22.6 Å². The van der Waals surface area contributed by atoms with Crippen molar-refractivity contribution >= 4 is 11.6 Å².